The van der Waals surface area contributed by atoms with Crippen LogP contribution in [0.4, 0.5) is 5.69 Å². The lowest BCUT2D eigenvalue weighted by Gasteiger charge is -2.35. The molecule has 0 saturated carbocycles. The maximum atomic E-state index is 12.9. The molecule has 30 heavy (non-hydrogen) atoms. The molecular weight excluding hydrogens is 380 g/mol. The average Bonchev–Trinajstić information content (AvgIpc) is 3.29. The fraction of sp³-hybridized carbons (Fsp3) is 0.250. The first-order valence-corrected chi connectivity index (χ1v) is 9.94. The summed E-state index contributed by atoms with van der Waals surface area (Å²) in [5.74, 6) is 1.70. The number of carbonyl (C=O) groups is 2. The van der Waals surface area contributed by atoms with Gasteiger partial charge in [0.2, 0.25) is 0 Å². The molecule has 0 unspecified atom stereocenters. The highest BCUT2D eigenvalue weighted by molar-refractivity contribution is 5.94. The second kappa shape index (κ2) is 8.45. The van der Waals surface area contributed by atoms with Crippen LogP contribution in [0, 0.1) is 0 Å². The molecule has 6 nitrogen and oxygen atoms in total. The minimum absolute atomic E-state index is 0.0191. The van der Waals surface area contributed by atoms with Crippen LogP contribution in [0.15, 0.2) is 65.1 Å². The summed E-state index contributed by atoms with van der Waals surface area (Å²) in [5.41, 5.74) is 2.61. The average molecular weight is 404 g/mol. The minimum Gasteiger partial charge on any atom is -0.497 e. The van der Waals surface area contributed by atoms with Crippen molar-refractivity contribution >= 4 is 17.4 Å². The number of furan rings is 1. The van der Waals surface area contributed by atoms with Crippen molar-refractivity contribution in [2.75, 3.05) is 38.2 Å². The van der Waals surface area contributed by atoms with Crippen LogP contribution in [0.3, 0.4) is 0 Å². The van der Waals surface area contributed by atoms with Crippen molar-refractivity contribution in [1.82, 2.24) is 4.90 Å². The van der Waals surface area contributed by atoms with Crippen LogP contribution in [0.1, 0.15) is 27.8 Å². The van der Waals surface area contributed by atoms with E-state index in [0.29, 0.717) is 30.2 Å². The van der Waals surface area contributed by atoms with E-state index in [9.17, 15) is 9.59 Å². The smallest absolute Gasteiger partial charge is 0.289 e. The number of nitrogens with zero attached hydrogens (tertiary/aromatic N) is 2. The molecule has 0 aliphatic carbocycles. The lowest BCUT2D eigenvalue weighted by molar-refractivity contribution is 0.0715. The van der Waals surface area contributed by atoms with Gasteiger partial charge in [0, 0.05) is 43.0 Å². The minimum atomic E-state index is -0.101. The molecule has 3 aromatic rings. The van der Waals surface area contributed by atoms with E-state index in [1.165, 1.54) is 6.92 Å². The van der Waals surface area contributed by atoms with E-state index < -0.39 is 0 Å². The Morgan fingerprint density at radius 2 is 1.53 bits per heavy atom. The van der Waals surface area contributed by atoms with Crippen molar-refractivity contribution in [2.45, 2.75) is 6.92 Å². The molecule has 0 spiro atoms. The Bertz CT molecular complexity index is 1030. The van der Waals surface area contributed by atoms with Crippen molar-refractivity contribution in [3.63, 3.8) is 0 Å². The Labute approximate surface area is 175 Å². The number of carbonyl (C=O) groups excluding carboxylic acids is 2. The third-order valence-corrected chi connectivity index (χ3v) is 5.40. The monoisotopic (exact) mass is 404 g/mol. The molecule has 1 fully saturated rings. The van der Waals surface area contributed by atoms with E-state index in [1.54, 1.807) is 31.4 Å². The number of rotatable bonds is 5. The maximum Gasteiger partial charge on any atom is 0.289 e. The fourth-order valence-corrected chi connectivity index (χ4v) is 3.59. The Hall–Kier alpha value is -3.54. The highest BCUT2D eigenvalue weighted by atomic mass is 16.5. The summed E-state index contributed by atoms with van der Waals surface area (Å²) < 4.78 is 11.0. The zero-order valence-electron chi connectivity index (χ0n) is 17.1. The molecule has 1 aliphatic rings. The van der Waals surface area contributed by atoms with Gasteiger partial charge in [-0.25, -0.2) is 0 Å². The summed E-state index contributed by atoms with van der Waals surface area (Å²) in [5, 5.41) is 0. The second-order valence-electron chi connectivity index (χ2n) is 7.27. The van der Waals surface area contributed by atoms with Crippen LogP contribution in [-0.4, -0.2) is 49.9 Å². The summed E-state index contributed by atoms with van der Waals surface area (Å²) in [4.78, 5) is 28.4. The third-order valence-electron chi connectivity index (χ3n) is 5.40. The van der Waals surface area contributed by atoms with Crippen molar-refractivity contribution in [3.05, 3.63) is 72.0 Å². The zero-order chi connectivity index (χ0) is 21.1. The molecule has 0 bridgehead atoms. The SMILES string of the molecule is COc1ccc(N2CCN(C(=O)c3ccc(-c4ccc(C(C)=O)cc4)o3)CC2)cc1. The summed E-state index contributed by atoms with van der Waals surface area (Å²) in [6.45, 7) is 4.33. The predicted octanol–water partition coefficient (Wildman–Crippen LogP) is 4.12. The quantitative estimate of drug-likeness (QED) is 0.599. The first-order chi connectivity index (χ1) is 14.5. The molecule has 1 aliphatic heterocycles. The van der Waals surface area contributed by atoms with Gasteiger partial charge in [-0.3, -0.25) is 9.59 Å². The third kappa shape index (κ3) is 4.08. The number of anilines is 1. The molecule has 0 radical (unpaired) electrons. The summed E-state index contributed by atoms with van der Waals surface area (Å²) in [6.07, 6.45) is 0. The van der Waals surface area contributed by atoms with Crippen LogP contribution < -0.4 is 9.64 Å². The van der Waals surface area contributed by atoms with Crippen LogP contribution in [0.2, 0.25) is 0 Å². The lowest BCUT2D eigenvalue weighted by atomic mass is 10.1. The van der Waals surface area contributed by atoms with E-state index in [-0.39, 0.29) is 11.7 Å². The molecule has 1 aromatic heterocycles. The van der Waals surface area contributed by atoms with Gasteiger partial charge in [0.05, 0.1) is 7.11 Å². The van der Waals surface area contributed by atoms with Gasteiger partial charge in [-0.1, -0.05) is 24.3 Å². The molecule has 2 aromatic carbocycles. The number of hydrogen-bond acceptors (Lipinski definition) is 5. The van der Waals surface area contributed by atoms with Crippen molar-refractivity contribution < 1.29 is 18.7 Å². The number of benzene rings is 2. The number of Topliss-reactive ketones (excluding diaryl/α,β-unsaturated/α-hetero) is 1. The molecule has 0 atom stereocenters. The number of piperazine rings is 1. The van der Waals surface area contributed by atoms with Gasteiger partial charge in [0.1, 0.15) is 11.5 Å². The van der Waals surface area contributed by atoms with E-state index in [0.717, 1.165) is 30.1 Å². The van der Waals surface area contributed by atoms with E-state index >= 15 is 0 Å². The van der Waals surface area contributed by atoms with Crippen LogP contribution in [-0.2, 0) is 0 Å². The summed E-state index contributed by atoms with van der Waals surface area (Å²) >= 11 is 0. The summed E-state index contributed by atoms with van der Waals surface area (Å²) in [7, 11) is 1.65. The highest BCUT2D eigenvalue weighted by Gasteiger charge is 2.24. The standard InChI is InChI=1S/C24H24N2O4/c1-17(27)18-3-5-19(6-4-18)22-11-12-23(30-22)24(28)26-15-13-25(14-16-26)20-7-9-21(29-2)10-8-20/h3-12H,13-16H2,1-2H3. The molecule has 4 rings (SSSR count). The van der Waals surface area contributed by atoms with Gasteiger partial charge in [0.25, 0.3) is 5.91 Å². The maximum absolute atomic E-state index is 12.9. The Morgan fingerprint density at radius 1 is 0.867 bits per heavy atom. The van der Waals surface area contributed by atoms with Gasteiger partial charge in [-0.05, 0) is 43.3 Å². The molecule has 1 saturated heterocycles. The van der Waals surface area contributed by atoms with Crippen molar-refractivity contribution in [2.24, 2.45) is 0 Å². The molecule has 2 heterocycles. The Balaban J connectivity index is 1.39. The molecular formula is C24H24N2O4. The Kier molecular flexibility index (Phi) is 5.57. The number of hydrogen-bond donors (Lipinski definition) is 0. The predicted molar refractivity (Wildman–Crippen MR) is 115 cm³/mol. The molecule has 0 N–H and O–H groups in total. The number of methoxy groups -OCH3 is 1. The summed E-state index contributed by atoms with van der Waals surface area (Å²) in [6, 6.07) is 18.7. The van der Waals surface area contributed by atoms with Gasteiger partial charge in [0.15, 0.2) is 11.5 Å². The number of ketones is 1. The van der Waals surface area contributed by atoms with Gasteiger partial charge in [-0.15, -0.1) is 0 Å². The fourth-order valence-electron chi connectivity index (χ4n) is 3.59. The van der Waals surface area contributed by atoms with E-state index in [1.807, 2.05) is 41.3 Å². The van der Waals surface area contributed by atoms with Crippen molar-refractivity contribution in [3.8, 4) is 17.1 Å². The second-order valence-corrected chi connectivity index (χ2v) is 7.27. The normalized spacial score (nSPS) is 13.9. The van der Waals surface area contributed by atoms with Crippen LogP contribution in [0.5, 0.6) is 5.75 Å². The van der Waals surface area contributed by atoms with Crippen LogP contribution >= 0.6 is 0 Å². The molecule has 154 valence electrons. The highest BCUT2D eigenvalue weighted by Crippen LogP contribution is 2.25. The Morgan fingerprint density at radius 3 is 2.13 bits per heavy atom. The van der Waals surface area contributed by atoms with Crippen molar-refractivity contribution in [1.29, 1.82) is 0 Å². The van der Waals surface area contributed by atoms with E-state index in [2.05, 4.69) is 4.90 Å². The largest absolute Gasteiger partial charge is 0.497 e. The lowest BCUT2D eigenvalue weighted by Crippen LogP contribution is -2.48. The van der Waals surface area contributed by atoms with Crippen LogP contribution in [0.25, 0.3) is 11.3 Å². The number of amides is 1. The van der Waals surface area contributed by atoms with Gasteiger partial charge in [-0.2, -0.15) is 0 Å². The van der Waals surface area contributed by atoms with Gasteiger partial charge >= 0.3 is 0 Å². The first-order valence-electron chi connectivity index (χ1n) is 9.94. The molecule has 6 heteroatoms. The molecule has 1 amide bonds. The topological polar surface area (TPSA) is 63.0 Å². The van der Waals surface area contributed by atoms with E-state index in [4.69, 9.17) is 9.15 Å². The van der Waals surface area contributed by atoms with Gasteiger partial charge < -0.3 is 19.0 Å². The zero-order valence-corrected chi connectivity index (χ0v) is 17.1. The number of ether oxygens (including phenoxy) is 1. The first kappa shape index (κ1) is 19.8.